The van der Waals surface area contributed by atoms with Crippen molar-refractivity contribution in [2.75, 3.05) is 49.6 Å². The van der Waals surface area contributed by atoms with E-state index in [0.717, 1.165) is 11.4 Å². The van der Waals surface area contributed by atoms with Crippen LogP contribution in [-0.4, -0.2) is 56.5 Å². The monoisotopic (exact) mass is 392 g/mol. The normalized spacial score (nSPS) is 13.6. The van der Waals surface area contributed by atoms with E-state index in [0.29, 0.717) is 37.4 Å². The minimum absolute atomic E-state index is 0.0428. The smallest absolute Gasteiger partial charge is 0.242 e. The molecule has 0 radical (unpaired) electrons. The van der Waals surface area contributed by atoms with Gasteiger partial charge in [0.15, 0.2) is 0 Å². The molecule has 0 aliphatic carbocycles. The van der Waals surface area contributed by atoms with E-state index in [1.54, 1.807) is 36.3 Å². The van der Waals surface area contributed by atoms with Crippen molar-refractivity contribution in [3.05, 3.63) is 54.1 Å². The number of carbonyl (C=O) groups is 2. The minimum Gasteiger partial charge on any atom is -0.495 e. The predicted octanol–water partition coefficient (Wildman–Crippen LogP) is 2.27. The van der Waals surface area contributed by atoms with Gasteiger partial charge in [0.25, 0.3) is 0 Å². The highest BCUT2D eigenvalue weighted by atomic mass is 16.5. The summed E-state index contributed by atoms with van der Waals surface area (Å²) in [7, 11) is 1.65. The lowest BCUT2D eigenvalue weighted by Crippen LogP contribution is -2.52. The standard InChI is InChI=1S/C22H24N4O3/c1-17(27)26(19-7-5-6-18(14-19)15-23)16-22(28)25-12-10-24(11-13-25)20-8-3-4-9-21(20)29-2/h3-9,14H,10-13,16H2,1-2H3. The molecule has 0 atom stereocenters. The summed E-state index contributed by atoms with van der Waals surface area (Å²) in [6, 6.07) is 16.6. The van der Waals surface area contributed by atoms with E-state index in [9.17, 15) is 9.59 Å². The summed E-state index contributed by atoms with van der Waals surface area (Å²) in [5.41, 5.74) is 2.02. The lowest BCUT2D eigenvalue weighted by molar-refractivity contribution is -0.131. The van der Waals surface area contributed by atoms with Gasteiger partial charge in [0.05, 0.1) is 24.4 Å². The number of anilines is 2. The van der Waals surface area contributed by atoms with Crippen molar-refractivity contribution in [3.8, 4) is 11.8 Å². The van der Waals surface area contributed by atoms with Gasteiger partial charge in [-0.2, -0.15) is 5.26 Å². The first-order chi connectivity index (χ1) is 14.0. The van der Waals surface area contributed by atoms with Gasteiger partial charge in [-0.05, 0) is 30.3 Å². The molecule has 150 valence electrons. The van der Waals surface area contributed by atoms with E-state index in [1.807, 2.05) is 24.3 Å². The first kappa shape index (κ1) is 20.2. The molecule has 0 N–H and O–H groups in total. The number of carbonyl (C=O) groups excluding carboxylic acids is 2. The molecule has 0 unspecified atom stereocenters. The number of amides is 2. The summed E-state index contributed by atoms with van der Waals surface area (Å²) in [5.74, 6) is 0.468. The molecule has 2 aromatic carbocycles. The summed E-state index contributed by atoms with van der Waals surface area (Å²) >= 11 is 0. The number of hydrogen-bond donors (Lipinski definition) is 0. The Morgan fingerprint density at radius 1 is 1.10 bits per heavy atom. The molecule has 7 heteroatoms. The van der Waals surface area contributed by atoms with E-state index in [4.69, 9.17) is 10.00 Å². The molecule has 29 heavy (non-hydrogen) atoms. The van der Waals surface area contributed by atoms with E-state index < -0.39 is 0 Å². The molecule has 3 rings (SSSR count). The van der Waals surface area contributed by atoms with Crippen LogP contribution in [0.1, 0.15) is 12.5 Å². The molecule has 0 aromatic heterocycles. The van der Waals surface area contributed by atoms with Crippen LogP contribution in [0.15, 0.2) is 48.5 Å². The fraction of sp³-hybridized carbons (Fsp3) is 0.318. The van der Waals surface area contributed by atoms with Crippen LogP contribution in [0.3, 0.4) is 0 Å². The maximum absolute atomic E-state index is 12.8. The lowest BCUT2D eigenvalue weighted by atomic mass is 10.2. The first-order valence-electron chi connectivity index (χ1n) is 9.47. The minimum atomic E-state index is -0.235. The molecule has 2 aromatic rings. The Kier molecular flexibility index (Phi) is 6.35. The molecular formula is C22H24N4O3. The van der Waals surface area contributed by atoms with E-state index in [2.05, 4.69) is 11.0 Å². The topological polar surface area (TPSA) is 76.9 Å². The van der Waals surface area contributed by atoms with Gasteiger partial charge in [-0.1, -0.05) is 18.2 Å². The Labute approximate surface area is 170 Å². The zero-order valence-corrected chi connectivity index (χ0v) is 16.7. The van der Waals surface area contributed by atoms with Crippen LogP contribution in [0.25, 0.3) is 0 Å². The number of ether oxygens (including phenoxy) is 1. The number of piperazine rings is 1. The highest BCUT2D eigenvalue weighted by Gasteiger charge is 2.25. The molecule has 2 amide bonds. The van der Waals surface area contributed by atoms with Crippen molar-refractivity contribution in [3.63, 3.8) is 0 Å². The molecule has 0 bridgehead atoms. The summed E-state index contributed by atoms with van der Waals surface area (Å²) in [4.78, 5) is 30.3. The molecule has 1 fully saturated rings. The first-order valence-corrected chi connectivity index (χ1v) is 9.47. The van der Waals surface area contributed by atoms with Gasteiger partial charge in [0.2, 0.25) is 11.8 Å². The van der Waals surface area contributed by atoms with Crippen molar-refractivity contribution >= 4 is 23.2 Å². The van der Waals surface area contributed by atoms with Crippen LogP contribution in [0.5, 0.6) is 5.75 Å². The lowest BCUT2D eigenvalue weighted by Gasteiger charge is -2.37. The highest BCUT2D eigenvalue weighted by molar-refractivity contribution is 5.97. The van der Waals surface area contributed by atoms with Crippen molar-refractivity contribution in [1.82, 2.24) is 4.90 Å². The van der Waals surface area contributed by atoms with Crippen molar-refractivity contribution < 1.29 is 14.3 Å². The van der Waals surface area contributed by atoms with Gasteiger partial charge in [-0.25, -0.2) is 0 Å². The van der Waals surface area contributed by atoms with Crippen LogP contribution >= 0.6 is 0 Å². The third-order valence-corrected chi connectivity index (χ3v) is 5.02. The number of hydrogen-bond acceptors (Lipinski definition) is 5. The molecular weight excluding hydrogens is 368 g/mol. The van der Waals surface area contributed by atoms with E-state index in [1.165, 1.54) is 11.8 Å². The van der Waals surface area contributed by atoms with Crippen molar-refractivity contribution in [2.45, 2.75) is 6.92 Å². The average Bonchev–Trinajstić information content (AvgIpc) is 2.77. The maximum atomic E-state index is 12.8. The van der Waals surface area contributed by atoms with Gasteiger partial charge in [0.1, 0.15) is 12.3 Å². The summed E-state index contributed by atoms with van der Waals surface area (Å²) in [5, 5.41) is 9.08. The number of para-hydroxylation sites is 2. The summed E-state index contributed by atoms with van der Waals surface area (Å²) in [6.07, 6.45) is 0. The molecule has 1 aliphatic heterocycles. The molecule has 1 aliphatic rings. The van der Waals surface area contributed by atoms with Crippen LogP contribution in [-0.2, 0) is 9.59 Å². The highest BCUT2D eigenvalue weighted by Crippen LogP contribution is 2.28. The zero-order chi connectivity index (χ0) is 20.8. The largest absolute Gasteiger partial charge is 0.495 e. The van der Waals surface area contributed by atoms with Crippen LogP contribution in [0.4, 0.5) is 11.4 Å². The van der Waals surface area contributed by atoms with Crippen LogP contribution < -0.4 is 14.5 Å². The van der Waals surface area contributed by atoms with Crippen LogP contribution in [0, 0.1) is 11.3 Å². The van der Waals surface area contributed by atoms with Crippen LogP contribution in [0.2, 0.25) is 0 Å². The Bertz CT molecular complexity index is 930. The third kappa shape index (κ3) is 4.66. The Morgan fingerprint density at radius 2 is 1.83 bits per heavy atom. The molecule has 1 saturated heterocycles. The van der Waals surface area contributed by atoms with E-state index in [-0.39, 0.29) is 18.4 Å². The Hall–Kier alpha value is -3.53. The molecule has 0 saturated carbocycles. The maximum Gasteiger partial charge on any atom is 0.242 e. The fourth-order valence-corrected chi connectivity index (χ4v) is 3.45. The number of rotatable bonds is 5. The van der Waals surface area contributed by atoms with Crippen molar-refractivity contribution in [1.29, 1.82) is 5.26 Å². The second kappa shape index (κ2) is 9.11. The summed E-state index contributed by atoms with van der Waals surface area (Å²) in [6.45, 7) is 3.90. The summed E-state index contributed by atoms with van der Waals surface area (Å²) < 4.78 is 5.43. The number of nitrogens with zero attached hydrogens (tertiary/aromatic N) is 4. The van der Waals surface area contributed by atoms with Gasteiger partial charge >= 0.3 is 0 Å². The fourth-order valence-electron chi connectivity index (χ4n) is 3.45. The average molecular weight is 392 g/mol. The molecule has 1 heterocycles. The van der Waals surface area contributed by atoms with Gasteiger partial charge in [-0.3, -0.25) is 9.59 Å². The van der Waals surface area contributed by atoms with Gasteiger partial charge in [-0.15, -0.1) is 0 Å². The quantitative estimate of drug-likeness (QED) is 0.780. The Morgan fingerprint density at radius 3 is 2.48 bits per heavy atom. The SMILES string of the molecule is COc1ccccc1N1CCN(C(=O)CN(C(C)=O)c2cccc(C#N)c2)CC1. The predicted molar refractivity (Wildman–Crippen MR) is 111 cm³/mol. The van der Waals surface area contributed by atoms with Gasteiger partial charge in [0, 0.05) is 38.8 Å². The number of benzene rings is 2. The Balaban J connectivity index is 1.65. The molecule has 0 spiro atoms. The number of methoxy groups -OCH3 is 1. The second-order valence-electron chi connectivity index (χ2n) is 6.81. The van der Waals surface area contributed by atoms with Gasteiger partial charge < -0.3 is 19.4 Å². The zero-order valence-electron chi connectivity index (χ0n) is 16.7. The third-order valence-electron chi connectivity index (χ3n) is 5.02. The van der Waals surface area contributed by atoms with E-state index >= 15 is 0 Å². The number of nitriles is 1. The van der Waals surface area contributed by atoms with Crippen molar-refractivity contribution in [2.24, 2.45) is 0 Å². The molecule has 7 nitrogen and oxygen atoms in total. The second-order valence-corrected chi connectivity index (χ2v) is 6.81.